The van der Waals surface area contributed by atoms with Gasteiger partial charge in [-0.3, -0.25) is 10.2 Å². The standard InChI is InChI=1S/C35H58N2O6/c1-5-6-7-8-9-10-11-12-15-18-25-39-31-30(41-33-32(31)42-35(3,4)43-33)29(26-37-23-16-13-14-17-24-37)40-34(38)36-28-21-19-27(2)20-22-28/h19-22,29-33H,5-18,23-26H2,1-4H3,(H,36,38)/t29?,30-,31+,32-,33-/m1/s1. The molecular formula is C35H58N2O6. The molecule has 0 saturated carbocycles. The number of hydrogen-bond acceptors (Lipinski definition) is 7. The van der Waals surface area contributed by atoms with E-state index >= 15 is 0 Å². The zero-order valence-corrected chi connectivity index (χ0v) is 27.3. The number of nitrogens with zero attached hydrogens (tertiary/aromatic N) is 1. The van der Waals surface area contributed by atoms with Gasteiger partial charge in [-0.2, -0.15) is 0 Å². The van der Waals surface area contributed by atoms with E-state index in [1.807, 2.05) is 45.0 Å². The highest BCUT2D eigenvalue weighted by Crippen LogP contribution is 2.40. The third-order valence-electron chi connectivity index (χ3n) is 8.89. The summed E-state index contributed by atoms with van der Waals surface area (Å²) in [6, 6.07) is 7.72. The van der Waals surface area contributed by atoms with Crippen molar-refractivity contribution in [3.63, 3.8) is 0 Å². The Hall–Kier alpha value is -1.71. The van der Waals surface area contributed by atoms with Crippen LogP contribution >= 0.6 is 0 Å². The Morgan fingerprint density at radius 3 is 2.21 bits per heavy atom. The average molecular weight is 603 g/mol. The minimum Gasteiger partial charge on any atom is -0.442 e. The predicted octanol–water partition coefficient (Wildman–Crippen LogP) is 7.97. The van der Waals surface area contributed by atoms with E-state index < -0.39 is 30.4 Å². The van der Waals surface area contributed by atoms with E-state index in [1.54, 1.807) is 0 Å². The largest absolute Gasteiger partial charge is 0.442 e. The van der Waals surface area contributed by atoms with Crippen molar-refractivity contribution in [1.82, 2.24) is 4.90 Å². The van der Waals surface area contributed by atoms with Gasteiger partial charge in [-0.15, -0.1) is 0 Å². The van der Waals surface area contributed by atoms with E-state index in [4.69, 9.17) is 23.7 Å². The van der Waals surface area contributed by atoms with E-state index in [0.29, 0.717) is 18.8 Å². The van der Waals surface area contributed by atoms with Crippen molar-refractivity contribution < 1.29 is 28.5 Å². The minimum absolute atomic E-state index is 0.362. The fourth-order valence-corrected chi connectivity index (χ4v) is 6.51. The quantitative estimate of drug-likeness (QED) is 0.181. The molecule has 1 amide bonds. The Morgan fingerprint density at radius 1 is 0.930 bits per heavy atom. The zero-order valence-electron chi connectivity index (χ0n) is 27.3. The minimum atomic E-state index is -0.747. The van der Waals surface area contributed by atoms with Gasteiger partial charge in [0.25, 0.3) is 0 Å². The average Bonchev–Trinajstić information content (AvgIpc) is 3.30. The second kappa shape index (κ2) is 17.7. The summed E-state index contributed by atoms with van der Waals surface area (Å²) < 4.78 is 31.6. The van der Waals surface area contributed by atoms with Crippen LogP contribution in [0.3, 0.4) is 0 Å². The van der Waals surface area contributed by atoms with Gasteiger partial charge in [0.1, 0.15) is 24.4 Å². The number of likely N-dealkylation sites (tertiary alicyclic amines) is 1. The summed E-state index contributed by atoms with van der Waals surface area (Å²) in [5, 5.41) is 2.90. The predicted molar refractivity (Wildman–Crippen MR) is 170 cm³/mol. The Kier molecular flexibility index (Phi) is 14.1. The van der Waals surface area contributed by atoms with E-state index in [-0.39, 0.29) is 12.2 Å². The summed E-state index contributed by atoms with van der Waals surface area (Å²) in [5.74, 6) is -0.747. The Bertz CT molecular complexity index is 933. The van der Waals surface area contributed by atoms with Crippen molar-refractivity contribution in [2.75, 3.05) is 31.6 Å². The van der Waals surface area contributed by atoms with E-state index in [2.05, 4.69) is 17.1 Å². The first-order valence-corrected chi connectivity index (χ1v) is 17.2. The highest BCUT2D eigenvalue weighted by Gasteiger charge is 2.58. The van der Waals surface area contributed by atoms with Crippen LogP contribution in [0, 0.1) is 6.92 Å². The lowest BCUT2D eigenvalue weighted by Crippen LogP contribution is -2.50. The molecule has 1 unspecified atom stereocenters. The lowest BCUT2D eigenvalue weighted by atomic mass is 10.0. The fraction of sp³-hybridized carbons (Fsp3) is 0.800. The van der Waals surface area contributed by atoms with Crippen molar-refractivity contribution in [1.29, 1.82) is 0 Å². The zero-order chi connectivity index (χ0) is 30.5. The highest BCUT2D eigenvalue weighted by atomic mass is 16.8. The molecule has 1 N–H and O–H groups in total. The maximum absolute atomic E-state index is 13.2. The van der Waals surface area contributed by atoms with Gasteiger partial charge in [-0.25, -0.2) is 4.79 Å². The maximum atomic E-state index is 13.2. The molecule has 3 aliphatic rings. The van der Waals surface area contributed by atoms with Gasteiger partial charge >= 0.3 is 6.09 Å². The van der Waals surface area contributed by atoms with Crippen LogP contribution in [0.1, 0.15) is 116 Å². The normalized spacial score (nSPS) is 26.1. The number of anilines is 1. The number of carbonyl (C=O) groups is 1. The number of rotatable bonds is 17. The van der Waals surface area contributed by atoms with E-state index in [1.165, 1.54) is 64.2 Å². The summed E-state index contributed by atoms with van der Waals surface area (Å²) in [4.78, 5) is 15.6. The molecule has 3 saturated heterocycles. The van der Waals surface area contributed by atoms with Crippen LogP contribution in [0.15, 0.2) is 24.3 Å². The first kappa shape index (κ1) is 34.2. The van der Waals surface area contributed by atoms with E-state index in [9.17, 15) is 4.79 Å². The van der Waals surface area contributed by atoms with E-state index in [0.717, 1.165) is 44.3 Å². The van der Waals surface area contributed by atoms with Crippen molar-refractivity contribution in [3.05, 3.63) is 29.8 Å². The summed E-state index contributed by atoms with van der Waals surface area (Å²) in [7, 11) is 0. The van der Waals surface area contributed by atoms with Gasteiger partial charge in [0, 0.05) is 18.8 Å². The lowest BCUT2D eigenvalue weighted by molar-refractivity contribution is -0.230. The first-order valence-electron chi connectivity index (χ1n) is 17.2. The Labute approximate surface area is 260 Å². The molecule has 3 fully saturated rings. The first-order chi connectivity index (χ1) is 20.8. The number of carbonyl (C=O) groups excluding carboxylic acids is 1. The number of aryl methyl sites for hydroxylation is 1. The molecule has 8 heteroatoms. The third kappa shape index (κ3) is 11.3. The van der Waals surface area contributed by atoms with Crippen molar-refractivity contribution >= 4 is 11.8 Å². The number of hydrogen-bond donors (Lipinski definition) is 1. The molecule has 3 heterocycles. The molecule has 1 aromatic rings. The van der Waals surface area contributed by atoms with Gasteiger partial charge in [0.2, 0.25) is 0 Å². The monoisotopic (exact) mass is 602 g/mol. The summed E-state index contributed by atoms with van der Waals surface area (Å²) in [6.07, 6.45) is 14.7. The topological polar surface area (TPSA) is 78.5 Å². The number of fused-ring (bicyclic) bond motifs is 1. The van der Waals surface area contributed by atoms with Crippen LogP contribution in [0.25, 0.3) is 0 Å². The number of unbranched alkanes of at least 4 members (excludes halogenated alkanes) is 9. The molecular weight excluding hydrogens is 544 g/mol. The SMILES string of the molecule is CCCCCCCCCCCCO[C@@H]1[C@H]2OC(C)(C)O[C@H]2O[C@@H]1C(CN1CCCCCC1)OC(=O)Nc1ccc(C)cc1. The van der Waals surface area contributed by atoms with Crippen LogP contribution in [0.2, 0.25) is 0 Å². The molecule has 3 aliphatic heterocycles. The fourth-order valence-electron chi connectivity index (χ4n) is 6.51. The molecule has 0 radical (unpaired) electrons. The second-order valence-electron chi connectivity index (χ2n) is 13.2. The van der Waals surface area contributed by atoms with Gasteiger partial charge in [0.05, 0.1) is 0 Å². The third-order valence-corrected chi connectivity index (χ3v) is 8.89. The van der Waals surface area contributed by atoms with Gasteiger partial charge < -0.3 is 23.7 Å². The number of nitrogens with one attached hydrogen (secondary N) is 1. The second-order valence-corrected chi connectivity index (χ2v) is 13.2. The molecule has 4 rings (SSSR count). The maximum Gasteiger partial charge on any atom is 0.412 e. The van der Waals surface area contributed by atoms with Crippen LogP contribution in [0.4, 0.5) is 10.5 Å². The van der Waals surface area contributed by atoms with Gasteiger partial charge in [-0.05, 0) is 65.3 Å². The van der Waals surface area contributed by atoms with Crippen LogP contribution < -0.4 is 5.32 Å². The van der Waals surface area contributed by atoms with Crippen molar-refractivity contribution in [2.45, 2.75) is 154 Å². The summed E-state index contributed by atoms with van der Waals surface area (Å²) in [5.41, 5.74) is 1.84. The molecule has 0 spiro atoms. The number of ether oxygens (including phenoxy) is 5. The Balaban J connectivity index is 1.36. The van der Waals surface area contributed by atoms with Crippen LogP contribution in [-0.2, 0) is 23.7 Å². The number of benzene rings is 1. The van der Waals surface area contributed by atoms with Crippen molar-refractivity contribution in [2.24, 2.45) is 0 Å². The lowest BCUT2D eigenvalue weighted by Gasteiger charge is -2.33. The molecule has 5 atom stereocenters. The molecule has 0 bridgehead atoms. The van der Waals surface area contributed by atoms with Crippen LogP contribution in [0.5, 0.6) is 0 Å². The van der Waals surface area contributed by atoms with Gasteiger partial charge in [-0.1, -0.05) is 95.2 Å². The Morgan fingerprint density at radius 2 is 1.56 bits per heavy atom. The molecule has 0 aromatic heterocycles. The van der Waals surface area contributed by atoms with Crippen molar-refractivity contribution in [3.8, 4) is 0 Å². The summed E-state index contributed by atoms with van der Waals surface area (Å²) >= 11 is 0. The number of amides is 1. The van der Waals surface area contributed by atoms with Gasteiger partial charge in [0.15, 0.2) is 12.1 Å². The molecule has 1 aromatic carbocycles. The highest BCUT2D eigenvalue weighted by molar-refractivity contribution is 5.84. The van der Waals surface area contributed by atoms with Crippen LogP contribution in [-0.4, -0.2) is 73.7 Å². The summed E-state index contributed by atoms with van der Waals surface area (Å²) in [6.45, 7) is 11.3. The smallest absolute Gasteiger partial charge is 0.412 e. The molecule has 8 nitrogen and oxygen atoms in total. The molecule has 0 aliphatic carbocycles. The molecule has 43 heavy (non-hydrogen) atoms. The molecule has 244 valence electrons.